The summed E-state index contributed by atoms with van der Waals surface area (Å²) in [5.41, 5.74) is 0. The quantitative estimate of drug-likeness (QED) is 0.396. The van der Waals surface area contributed by atoms with E-state index in [-0.39, 0.29) is 0 Å². The van der Waals surface area contributed by atoms with Crippen LogP contribution in [0.25, 0.3) is 0 Å². The van der Waals surface area contributed by atoms with Crippen LogP contribution in [-0.4, -0.2) is 16.4 Å². The summed E-state index contributed by atoms with van der Waals surface area (Å²) in [6.45, 7) is 0. The van der Waals surface area contributed by atoms with Gasteiger partial charge >= 0.3 is 6.09 Å². The summed E-state index contributed by atoms with van der Waals surface area (Å²) >= 11 is 0.676. The van der Waals surface area contributed by atoms with Crippen molar-refractivity contribution >= 4 is 22.6 Å². The summed E-state index contributed by atoms with van der Waals surface area (Å²) in [6, 6.07) is 9.42. The summed E-state index contributed by atoms with van der Waals surface area (Å²) in [7, 11) is 0. The zero-order valence-electron chi connectivity index (χ0n) is 6.14. The Morgan fingerprint density at radius 1 is 1.42 bits per heavy atom. The molecule has 1 N–H and O–H groups in total. The Morgan fingerprint density at radius 3 is 2.67 bits per heavy atom. The van der Waals surface area contributed by atoms with Crippen molar-refractivity contribution in [2.24, 2.45) is 4.99 Å². The lowest BCUT2D eigenvalue weighted by Crippen LogP contribution is -1.80. The van der Waals surface area contributed by atoms with E-state index in [9.17, 15) is 4.79 Å². The number of amides is 1. The van der Waals surface area contributed by atoms with Gasteiger partial charge in [-0.05, 0) is 12.1 Å². The number of carbonyl (C=O) groups is 1. The molecule has 1 aromatic carbocycles. The molecule has 0 radical (unpaired) electrons. The number of hydrogen-bond acceptors (Lipinski definition) is 1. The fourth-order valence-electron chi connectivity index (χ4n) is 0.628. The van der Waals surface area contributed by atoms with Gasteiger partial charge < -0.3 is 5.11 Å². The fraction of sp³-hybridized carbons (Fsp3) is 0. The average molecular weight is 181 g/mol. The molecule has 4 heteroatoms. The van der Waals surface area contributed by atoms with Crippen molar-refractivity contribution in [1.82, 2.24) is 0 Å². The van der Waals surface area contributed by atoms with E-state index in [1.807, 2.05) is 30.3 Å². The Labute approximate surface area is 73.3 Å². The molecule has 12 heavy (non-hydrogen) atoms. The molecule has 0 heterocycles. The lowest BCUT2D eigenvalue weighted by Gasteiger charge is -1.85. The molecule has 0 saturated heterocycles. The Balaban J connectivity index is 2.77. The van der Waals surface area contributed by atoms with Crippen LogP contribution in [0.15, 0.2) is 40.2 Å². The summed E-state index contributed by atoms with van der Waals surface area (Å²) < 4.78 is 0. The highest BCUT2D eigenvalue weighted by Gasteiger charge is 1.82. The van der Waals surface area contributed by atoms with Gasteiger partial charge in [-0.2, -0.15) is 0 Å². The molecular formula is C8H7NO2S. The highest BCUT2D eigenvalue weighted by Crippen LogP contribution is 2.06. The third kappa shape index (κ3) is 3.14. The first-order chi connectivity index (χ1) is 5.79. The third-order valence-electron chi connectivity index (χ3n) is 1.08. The number of carboxylic acid groups (broad SMARTS) is 1. The molecule has 0 unspecified atom stereocenters. The van der Waals surface area contributed by atoms with Gasteiger partial charge in [0.2, 0.25) is 0 Å². The second-order valence-corrected chi connectivity index (χ2v) is 2.88. The Hall–Kier alpha value is -1.38. The molecule has 62 valence electrons. The van der Waals surface area contributed by atoms with Gasteiger partial charge in [0.15, 0.2) is 0 Å². The molecule has 0 spiro atoms. The van der Waals surface area contributed by atoms with Crippen LogP contribution in [0.1, 0.15) is 0 Å². The summed E-state index contributed by atoms with van der Waals surface area (Å²) in [5.74, 6) is 0. The van der Waals surface area contributed by atoms with Crippen molar-refractivity contribution < 1.29 is 9.90 Å². The molecule has 3 nitrogen and oxygen atoms in total. The molecule has 0 fully saturated rings. The van der Waals surface area contributed by atoms with E-state index in [4.69, 9.17) is 5.11 Å². The van der Waals surface area contributed by atoms with Gasteiger partial charge in [-0.1, -0.05) is 18.2 Å². The average Bonchev–Trinajstić information content (AvgIpc) is 2.05. The van der Waals surface area contributed by atoms with Crippen LogP contribution < -0.4 is 0 Å². The molecule has 0 aromatic heterocycles. The lowest BCUT2D eigenvalue weighted by molar-refractivity contribution is 0.206. The summed E-state index contributed by atoms with van der Waals surface area (Å²) in [6.07, 6.45) is -1.21. The zero-order valence-corrected chi connectivity index (χ0v) is 7.03. The predicted octanol–water partition coefficient (Wildman–Crippen LogP) is 2.09. The van der Waals surface area contributed by atoms with Crippen molar-refractivity contribution in [1.29, 1.82) is 0 Å². The number of isothiocyanates is 1. The van der Waals surface area contributed by atoms with Crippen molar-refractivity contribution in [3.05, 3.63) is 30.3 Å². The molecular weight excluding hydrogens is 174 g/mol. The highest BCUT2D eigenvalue weighted by molar-refractivity contribution is 7.97. The monoisotopic (exact) mass is 181 g/mol. The van der Waals surface area contributed by atoms with Crippen LogP contribution in [-0.2, 0) is 0 Å². The molecule has 0 aliphatic heterocycles. The maximum atomic E-state index is 9.96. The Morgan fingerprint density at radius 2 is 2.08 bits per heavy atom. The van der Waals surface area contributed by atoms with E-state index in [0.717, 1.165) is 4.90 Å². The Bertz CT molecular complexity index is 328. The van der Waals surface area contributed by atoms with E-state index in [0.29, 0.717) is 11.4 Å². The first-order valence-electron chi connectivity index (χ1n) is 3.23. The maximum Gasteiger partial charge on any atom is 0.439 e. The van der Waals surface area contributed by atoms with Gasteiger partial charge in [-0.15, -0.1) is 16.3 Å². The van der Waals surface area contributed by atoms with Gasteiger partial charge in [0.25, 0.3) is 0 Å². The number of rotatable bonds is 1. The van der Waals surface area contributed by atoms with Gasteiger partial charge in [-0.25, -0.2) is 4.79 Å². The van der Waals surface area contributed by atoms with Gasteiger partial charge in [0.1, 0.15) is 0 Å². The van der Waals surface area contributed by atoms with Crippen LogP contribution >= 0.6 is 11.4 Å². The molecule has 0 saturated carbocycles. The number of hydrogen-bond donors (Lipinski definition) is 2. The van der Waals surface area contributed by atoms with Crippen molar-refractivity contribution in [2.45, 2.75) is 4.90 Å². The minimum absolute atomic E-state index is 0.676. The molecule has 1 amide bonds. The van der Waals surface area contributed by atoms with Gasteiger partial charge in [0.05, 0.1) is 0 Å². The fourth-order valence-corrected chi connectivity index (χ4v) is 1.20. The second-order valence-electron chi connectivity index (χ2n) is 1.94. The highest BCUT2D eigenvalue weighted by atomic mass is 32.1. The third-order valence-corrected chi connectivity index (χ3v) is 1.84. The molecule has 0 atom stereocenters. The molecule has 0 aliphatic carbocycles. The summed E-state index contributed by atoms with van der Waals surface area (Å²) in [4.78, 5) is 14.0. The second kappa shape index (κ2) is 4.49. The SMILES string of the molecule is O=C(O)N=C=[SH]c1ccccc1. The van der Waals surface area contributed by atoms with Crippen LogP contribution in [0, 0.1) is 0 Å². The minimum atomic E-state index is -1.21. The predicted molar refractivity (Wildman–Crippen MR) is 49.2 cm³/mol. The van der Waals surface area contributed by atoms with E-state index < -0.39 is 6.09 Å². The van der Waals surface area contributed by atoms with Crippen LogP contribution in [0.2, 0.25) is 0 Å². The van der Waals surface area contributed by atoms with Crippen LogP contribution in [0.4, 0.5) is 4.79 Å². The van der Waals surface area contributed by atoms with E-state index >= 15 is 0 Å². The Kier molecular flexibility index (Phi) is 3.26. The smallest absolute Gasteiger partial charge is 0.439 e. The van der Waals surface area contributed by atoms with Crippen LogP contribution in [0.5, 0.6) is 0 Å². The van der Waals surface area contributed by atoms with Crippen molar-refractivity contribution in [3.8, 4) is 0 Å². The number of thiol groups is 1. The van der Waals surface area contributed by atoms with E-state index in [2.05, 4.69) is 10.2 Å². The number of benzene rings is 1. The van der Waals surface area contributed by atoms with Crippen LogP contribution in [0.3, 0.4) is 0 Å². The van der Waals surface area contributed by atoms with Gasteiger partial charge in [0, 0.05) is 10.1 Å². The van der Waals surface area contributed by atoms with Crippen molar-refractivity contribution in [3.63, 3.8) is 0 Å². The molecule has 0 aliphatic rings. The number of nitrogens with zero attached hydrogens (tertiary/aromatic N) is 1. The minimum Gasteiger partial charge on any atom is -0.463 e. The zero-order chi connectivity index (χ0) is 8.81. The molecule has 1 rings (SSSR count). The van der Waals surface area contributed by atoms with Crippen molar-refractivity contribution in [2.75, 3.05) is 0 Å². The lowest BCUT2D eigenvalue weighted by atomic mass is 10.4. The summed E-state index contributed by atoms with van der Waals surface area (Å²) in [5, 5.41) is 10.6. The standard InChI is InChI=1S/C8H7NO2S/c10-8(11)9-6-12-7-4-2-1-3-5-7/h1-5,12H,(H,10,11). The van der Waals surface area contributed by atoms with E-state index in [1.54, 1.807) is 0 Å². The first-order valence-corrected chi connectivity index (χ1v) is 4.13. The normalized spacial score (nSPS) is 8.67. The molecule has 1 aromatic rings. The largest absolute Gasteiger partial charge is 0.463 e. The maximum absolute atomic E-state index is 9.96. The first kappa shape index (κ1) is 8.71. The van der Waals surface area contributed by atoms with Gasteiger partial charge in [-0.3, -0.25) is 0 Å². The van der Waals surface area contributed by atoms with E-state index in [1.165, 1.54) is 0 Å². The topological polar surface area (TPSA) is 49.7 Å². The molecule has 0 bridgehead atoms. The number of aliphatic imine (C=N–C) groups is 1.